The van der Waals surface area contributed by atoms with E-state index < -0.39 is 0 Å². The number of halogens is 1. The summed E-state index contributed by atoms with van der Waals surface area (Å²) in [5.74, 6) is -0.858. The van der Waals surface area contributed by atoms with Crippen LogP contribution in [-0.4, -0.2) is 22.3 Å². The van der Waals surface area contributed by atoms with Gasteiger partial charge in [0.05, 0.1) is 11.8 Å². The van der Waals surface area contributed by atoms with Crippen LogP contribution in [0.5, 0.6) is 11.5 Å². The molecule has 0 atom stereocenters. The van der Waals surface area contributed by atoms with E-state index in [1.165, 1.54) is 12.3 Å². The standard InChI is InChI=1S/C14H11IN2O3/c15-11-6-2-1-5-10(11)14(20)17-16-8-9-4-3-7-12(18)13(9)19/h1-8,18-19H,(H,17,20)/b16-8-. The van der Waals surface area contributed by atoms with E-state index in [0.717, 1.165) is 3.57 Å². The number of hydrogen-bond donors (Lipinski definition) is 3. The van der Waals surface area contributed by atoms with Gasteiger partial charge in [0, 0.05) is 9.13 Å². The van der Waals surface area contributed by atoms with Gasteiger partial charge in [-0.1, -0.05) is 18.2 Å². The van der Waals surface area contributed by atoms with Crippen LogP contribution < -0.4 is 5.43 Å². The first-order valence-corrected chi connectivity index (χ1v) is 6.76. The number of hydrogen-bond acceptors (Lipinski definition) is 4. The number of nitrogens with zero attached hydrogens (tertiary/aromatic N) is 1. The predicted molar refractivity (Wildman–Crippen MR) is 84.0 cm³/mol. The zero-order chi connectivity index (χ0) is 14.5. The lowest BCUT2D eigenvalue weighted by Crippen LogP contribution is -2.18. The first-order chi connectivity index (χ1) is 9.59. The normalized spacial score (nSPS) is 10.7. The van der Waals surface area contributed by atoms with E-state index in [-0.39, 0.29) is 17.4 Å². The molecular weight excluding hydrogens is 371 g/mol. The van der Waals surface area contributed by atoms with E-state index >= 15 is 0 Å². The minimum atomic E-state index is -0.342. The Morgan fingerprint density at radius 3 is 2.65 bits per heavy atom. The molecule has 102 valence electrons. The van der Waals surface area contributed by atoms with Gasteiger partial charge in [0.2, 0.25) is 0 Å². The van der Waals surface area contributed by atoms with Crippen molar-refractivity contribution in [1.29, 1.82) is 0 Å². The maximum atomic E-state index is 11.9. The van der Waals surface area contributed by atoms with Crippen LogP contribution in [0, 0.1) is 3.57 Å². The highest BCUT2D eigenvalue weighted by molar-refractivity contribution is 14.1. The van der Waals surface area contributed by atoms with Crippen molar-refractivity contribution in [2.24, 2.45) is 5.10 Å². The van der Waals surface area contributed by atoms with Crippen molar-refractivity contribution in [1.82, 2.24) is 5.43 Å². The van der Waals surface area contributed by atoms with E-state index in [2.05, 4.69) is 33.1 Å². The Kier molecular flexibility index (Phi) is 4.57. The summed E-state index contributed by atoms with van der Waals surface area (Å²) in [4.78, 5) is 11.9. The van der Waals surface area contributed by atoms with Crippen molar-refractivity contribution in [2.75, 3.05) is 0 Å². The van der Waals surface area contributed by atoms with Gasteiger partial charge in [-0.25, -0.2) is 5.43 Å². The fraction of sp³-hybridized carbons (Fsp3) is 0. The van der Waals surface area contributed by atoms with Crippen LogP contribution in [0.2, 0.25) is 0 Å². The Labute approximate surface area is 129 Å². The number of nitrogens with one attached hydrogen (secondary N) is 1. The molecule has 2 aromatic carbocycles. The second-order valence-electron chi connectivity index (χ2n) is 3.89. The van der Waals surface area contributed by atoms with Gasteiger partial charge in [-0.15, -0.1) is 0 Å². The SMILES string of the molecule is O=C(N/N=C\c1cccc(O)c1O)c1ccccc1I. The smallest absolute Gasteiger partial charge is 0.272 e. The molecule has 0 unspecified atom stereocenters. The molecule has 0 saturated carbocycles. The maximum absolute atomic E-state index is 11.9. The van der Waals surface area contributed by atoms with Gasteiger partial charge in [0.1, 0.15) is 0 Å². The summed E-state index contributed by atoms with van der Waals surface area (Å²) >= 11 is 2.06. The molecule has 6 heteroatoms. The summed E-state index contributed by atoms with van der Waals surface area (Å²) < 4.78 is 0.818. The minimum Gasteiger partial charge on any atom is -0.504 e. The molecule has 1 amide bonds. The molecule has 0 aliphatic heterocycles. The monoisotopic (exact) mass is 382 g/mol. The summed E-state index contributed by atoms with van der Waals surface area (Å²) in [6.07, 6.45) is 1.27. The van der Waals surface area contributed by atoms with E-state index in [9.17, 15) is 15.0 Å². The third-order valence-corrected chi connectivity index (χ3v) is 3.47. The van der Waals surface area contributed by atoms with Crippen molar-refractivity contribution in [3.05, 3.63) is 57.2 Å². The van der Waals surface area contributed by atoms with Crippen LogP contribution in [0.1, 0.15) is 15.9 Å². The molecule has 2 rings (SSSR count). The van der Waals surface area contributed by atoms with Crippen LogP contribution >= 0.6 is 22.6 Å². The molecule has 3 N–H and O–H groups in total. The van der Waals surface area contributed by atoms with Crippen molar-refractivity contribution < 1.29 is 15.0 Å². The molecule has 0 radical (unpaired) electrons. The second kappa shape index (κ2) is 6.38. The van der Waals surface area contributed by atoms with E-state index in [1.807, 2.05) is 12.1 Å². The van der Waals surface area contributed by atoms with E-state index in [0.29, 0.717) is 11.1 Å². The molecule has 0 aliphatic carbocycles. The molecule has 0 aliphatic rings. The predicted octanol–water partition coefficient (Wildman–Crippen LogP) is 2.47. The van der Waals surface area contributed by atoms with Gasteiger partial charge in [-0.2, -0.15) is 5.10 Å². The fourth-order valence-corrected chi connectivity index (χ4v) is 2.15. The lowest BCUT2D eigenvalue weighted by atomic mass is 10.2. The number of rotatable bonds is 3. The molecule has 0 fully saturated rings. The number of benzene rings is 2. The Hall–Kier alpha value is -2.09. The highest BCUT2D eigenvalue weighted by Gasteiger charge is 2.08. The van der Waals surface area contributed by atoms with Crippen molar-refractivity contribution >= 4 is 34.7 Å². The van der Waals surface area contributed by atoms with Gasteiger partial charge >= 0.3 is 0 Å². The summed E-state index contributed by atoms with van der Waals surface area (Å²) in [6, 6.07) is 11.6. The van der Waals surface area contributed by atoms with Gasteiger partial charge in [0.15, 0.2) is 11.5 Å². The average molecular weight is 382 g/mol. The third kappa shape index (κ3) is 3.27. The summed E-state index contributed by atoms with van der Waals surface area (Å²) in [6.45, 7) is 0. The molecule has 0 spiro atoms. The minimum absolute atomic E-state index is 0.238. The number of phenols is 2. The Morgan fingerprint density at radius 1 is 1.15 bits per heavy atom. The molecule has 0 aromatic heterocycles. The Balaban J connectivity index is 2.09. The number of hydrazone groups is 1. The maximum Gasteiger partial charge on any atom is 0.272 e. The summed E-state index contributed by atoms with van der Waals surface area (Å²) in [5.41, 5.74) is 3.20. The Morgan fingerprint density at radius 2 is 1.90 bits per heavy atom. The number of carbonyl (C=O) groups is 1. The van der Waals surface area contributed by atoms with Crippen LogP contribution in [0.4, 0.5) is 0 Å². The second-order valence-corrected chi connectivity index (χ2v) is 5.06. The number of phenolic OH excluding ortho intramolecular Hbond substituents is 2. The summed E-state index contributed by atoms with van der Waals surface area (Å²) in [5, 5.41) is 22.7. The number of carbonyl (C=O) groups excluding carboxylic acids is 1. The van der Waals surface area contributed by atoms with Gasteiger partial charge in [-0.05, 0) is 46.9 Å². The lowest BCUT2D eigenvalue weighted by molar-refractivity contribution is 0.0954. The largest absolute Gasteiger partial charge is 0.504 e. The average Bonchev–Trinajstić information content (AvgIpc) is 2.44. The van der Waals surface area contributed by atoms with E-state index in [1.54, 1.807) is 24.3 Å². The topological polar surface area (TPSA) is 81.9 Å². The lowest BCUT2D eigenvalue weighted by Gasteiger charge is -2.03. The van der Waals surface area contributed by atoms with Gasteiger partial charge in [-0.3, -0.25) is 4.79 Å². The van der Waals surface area contributed by atoms with E-state index in [4.69, 9.17) is 0 Å². The molecule has 20 heavy (non-hydrogen) atoms. The molecular formula is C14H11IN2O3. The van der Waals surface area contributed by atoms with Crippen LogP contribution in [0.3, 0.4) is 0 Å². The van der Waals surface area contributed by atoms with Gasteiger partial charge in [0.25, 0.3) is 5.91 Å². The zero-order valence-corrected chi connectivity index (χ0v) is 12.4. The van der Waals surface area contributed by atoms with Crippen LogP contribution in [0.15, 0.2) is 47.6 Å². The number of aromatic hydroxyl groups is 2. The fourth-order valence-electron chi connectivity index (χ4n) is 1.52. The molecule has 0 heterocycles. The highest BCUT2D eigenvalue weighted by Crippen LogP contribution is 2.26. The molecule has 2 aromatic rings. The Bertz CT molecular complexity index is 671. The summed E-state index contributed by atoms with van der Waals surface area (Å²) in [7, 11) is 0. The molecule has 5 nitrogen and oxygen atoms in total. The van der Waals surface area contributed by atoms with Gasteiger partial charge < -0.3 is 10.2 Å². The molecule has 0 saturated heterocycles. The van der Waals surface area contributed by atoms with Crippen molar-refractivity contribution in [3.8, 4) is 11.5 Å². The van der Waals surface area contributed by atoms with Crippen LogP contribution in [0.25, 0.3) is 0 Å². The molecule has 0 bridgehead atoms. The van der Waals surface area contributed by atoms with Crippen molar-refractivity contribution in [2.45, 2.75) is 0 Å². The van der Waals surface area contributed by atoms with Crippen LogP contribution in [-0.2, 0) is 0 Å². The number of para-hydroxylation sites is 1. The van der Waals surface area contributed by atoms with Crippen molar-refractivity contribution in [3.63, 3.8) is 0 Å². The first-order valence-electron chi connectivity index (χ1n) is 5.68. The number of amides is 1. The third-order valence-electron chi connectivity index (χ3n) is 2.53. The quantitative estimate of drug-likeness (QED) is 0.330. The first kappa shape index (κ1) is 14.3. The zero-order valence-electron chi connectivity index (χ0n) is 10.2. The highest BCUT2D eigenvalue weighted by atomic mass is 127.